The number of allylic oxidation sites excluding steroid dienone is 4. The monoisotopic (exact) mass is 512 g/mol. The average Bonchev–Trinajstić information content (AvgIpc) is 3.08. The zero-order valence-electron chi connectivity index (χ0n) is 24.0. The van der Waals surface area contributed by atoms with Gasteiger partial charge in [0.2, 0.25) is 0 Å². The van der Waals surface area contributed by atoms with Crippen LogP contribution in [0.2, 0.25) is 5.54 Å². The van der Waals surface area contributed by atoms with Crippen LogP contribution in [0.4, 0.5) is 0 Å². The van der Waals surface area contributed by atoms with Crippen molar-refractivity contribution in [3.05, 3.63) is 93.6 Å². The number of hydrogen-bond donors (Lipinski definition) is 0. The van der Waals surface area contributed by atoms with Crippen molar-refractivity contribution in [3.8, 4) is 17.2 Å². The Hall–Kier alpha value is -3.24. The molecule has 0 amide bonds. The van der Waals surface area contributed by atoms with Gasteiger partial charge in [0.05, 0.1) is 21.3 Å². The maximum absolute atomic E-state index is 6.21. The van der Waals surface area contributed by atoms with Crippen molar-refractivity contribution in [2.24, 2.45) is 0 Å². The summed E-state index contributed by atoms with van der Waals surface area (Å²) in [5, 5.41) is 3.84. The fourth-order valence-corrected chi connectivity index (χ4v) is 13.9. The molecule has 1 aliphatic carbocycles. The molecule has 0 aliphatic heterocycles. The van der Waals surface area contributed by atoms with E-state index in [1.54, 1.807) is 21.3 Å². The quantitative estimate of drug-likeness (QED) is 0.280. The zero-order chi connectivity index (χ0) is 27.1. The molecule has 4 heteroatoms. The number of benzene rings is 3. The van der Waals surface area contributed by atoms with Crippen LogP contribution in [0.1, 0.15) is 44.4 Å². The first-order valence-electron chi connectivity index (χ1n) is 12.9. The number of ether oxygens (including phenoxy) is 3. The minimum Gasteiger partial charge on any atom is -0.497 e. The third-order valence-corrected chi connectivity index (χ3v) is 14.6. The highest BCUT2D eigenvalue weighted by Gasteiger charge is 2.56. The van der Waals surface area contributed by atoms with Gasteiger partial charge >= 0.3 is 0 Å². The third-order valence-electron chi connectivity index (χ3n) is 8.59. The molecule has 0 radical (unpaired) electrons. The van der Waals surface area contributed by atoms with Crippen molar-refractivity contribution in [1.29, 1.82) is 0 Å². The highest BCUT2D eigenvalue weighted by molar-refractivity contribution is 7.15. The summed E-state index contributed by atoms with van der Waals surface area (Å²) in [7, 11) is 2.35. The Kier molecular flexibility index (Phi) is 7.43. The number of aryl methyl sites for hydroxylation is 3. The molecule has 3 aromatic carbocycles. The van der Waals surface area contributed by atoms with Crippen LogP contribution in [0.3, 0.4) is 0 Å². The summed E-state index contributed by atoms with van der Waals surface area (Å²) in [5.41, 5.74) is 9.45. The molecule has 3 aromatic rings. The molecular weight excluding hydrogens is 472 g/mol. The Morgan fingerprint density at radius 3 is 1.05 bits per heavy atom. The lowest BCUT2D eigenvalue weighted by Gasteiger charge is -2.44. The molecule has 3 nitrogen and oxygen atoms in total. The minimum absolute atomic E-state index is 0.174. The summed E-state index contributed by atoms with van der Waals surface area (Å²) in [6.45, 7) is 15.9. The van der Waals surface area contributed by atoms with Crippen molar-refractivity contribution in [2.45, 2.75) is 54.0 Å². The first kappa shape index (κ1) is 26.8. The van der Waals surface area contributed by atoms with Gasteiger partial charge in [0.25, 0.3) is 0 Å². The molecule has 4 rings (SSSR count). The van der Waals surface area contributed by atoms with Crippen LogP contribution in [0.15, 0.2) is 76.9 Å². The zero-order valence-corrected chi connectivity index (χ0v) is 25.0. The van der Waals surface area contributed by atoms with Crippen LogP contribution in [0.25, 0.3) is 0 Å². The molecule has 0 atom stereocenters. The molecule has 0 bridgehead atoms. The van der Waals surface area contributed by atoms with E-state index in [1.165, 1.54) is 54.5 Å². The SMILES string of the molecule is COc1cccc(C)c1[Si](c1c(C)cccc1OC)(c1c(C)cccc1OC)C1C(C)=C(C)C(C)=C1C. The van der Waals surface area contributed by atoms with Crippen LogP contribution >= 0.6 is 0 Å². The minimum atomic E-state index is -3.02. The van der Waals surface area contributed by atoms with Gasteiger partial charge < -0.3 is 14.2 Å². The molecule has 0 spiro atoms. The first-order chi connectivity index (χ1) is 17.7. The normalized spacial score (nSPS) is 14.4. The highest BCUT2D eigenvalue weighted by Crippen LogP contribution is 2.49. The second-order valence-corrected chi connectivity index (χ2v) is 14.0. The van der Waals surface area contributed by atoms with Crippen molar-refractivity contribution < 1.29 is 14.2 Å². The molecule has 0 heterocycles. The van der Waals surface area contributed by atoms with Crippen LogP contribution < -0.4 is 29.8 Å². The highest BCUT2D eigenvalue weighted by atomic mass is 28.3. The van der Waals surface area contributed by atoms with Gasteiger partial charge in [-0.15, -0.1) is 0 Å². The molecule has 0 N–H and O–H groups in total. The van der Waals surface area contributed by atoms with E-state index >= 15 is 0 Å². The lowest BCUT2D eigenvalue weighted by Crippen LogP contribution is -2.72. The number of methoxy groups -OCH3 is 3. The van der Waals surface area contributed by atoms with E-state index in [-0.39, 0.29) is 5.54 Å². The standard InChI is InChI=1S/C33H40O3Si/c1-20-14-11-17-27(34-8)30(20)37(31-21(2)15-12-18-28(31)35-9,32-22(3)16-13-19-29(32)36-10)33-25(6)23(4)24(5)26(33)7/h11-19,33H,1-10H3. The van der Waals surface area contributed by atoms with Gasteiger partial charge in [0.1, 0.15) is 17.2 Å². The fraction of sp³-hybridized carbons (Fsp3) is 0.333. The van der Waals surface area contributed by atoms with E-state index in [1.807, 2.05) is 0 Å². The van der Waals surface area contributed by atoms with Gasteiger partial charge in [0, 0.05) is 5.54 Å². The number of hydrogen-bond acceptors (Lipinski definition) is 3. The molecule has 0 saturated carbocycles. The molecular formula is C33H40O3Si. The Bertz CT molecular complexity index is 1260. The molecule has 0 aromatic heterocycles. The van der Waals surface area contributed by atoms with E-state index in [2.05, 4.69) is 103 Å². The topological polar surface area (TPSA) is 27.7 Å². The Morgan fingerprint density at radius 2 is 0.784 bits per heavy atom. The van der Waals surface area contributed by atoms with E-state index < -0.39 is 8.07 Å². The maximum Gasteiger partial charge on any atom is 0.174 e. The molecule has 0 fully saturated rings. The third kappa shape index (κ3) is 3.93. The molecule has 194 valence electrons. The predicted octanol–water partition coefficient (Wildman–Crippen LogP) is 6.16. The molecule has 1 aliphatic rings. The van der Waals surface area contributed by atoms with Crippen LogP contribution in [0.5, 0.6) is 17.2 Å². The van der Waals surface area contributed by atoms with Crippen LogP contribution in [-0.2, 0) is 0 Å². The Labute approximate surface area is 223 Å². The van der Waals surface area contributed by atoms with Gasteiger partial charge in [-0.25, -0.2) is 0 Å². The molecule has 0 saturated heterocycles. The molecule has 0 unspecified atom stereocenters. The van der Waals surface area contributed by atoms with Crippen molar-refractivity contribution >= 4 is 23.6 Å². The summed E-state index contributed by atoms with van der Waals surface area (Å²) in [6, 6.07) is 19.3. The van der Waals surface area contributed by atoms with Crippen LogP contribution in [0, 0.1) is 20.8 Å². The van der Waals surface area contributed by atoms with Gasteiger partial charge in [0.15, 0.2) is 8.07 Å². The molecule has 37 heavy (non-hydrogen) atoms. The first-order valence-corrected chi connectivity index (χ1v) is 15.0. The lowest BCUT2D eigenvalue weighted by atomic mass is 10.1. The van der Waals surface area contributed by atoms with E-state index in [0.717, 1.165) is 17.2 Å². The lowest BCUT2D eigenvalue weighted by molar-refractivity contribution is 0.415. The van der Waals surface area contributed by atoms with Crippen molar-refractivity contribution in [3.63, 3.8) is 0 Å². The van der Waals surface area contributed by atoms with Gasteiger partial charge in [-0.3, -0.25) is 0 Å². The van der Waals surface area contributed by atoms with E-state index in [9.17, 15) is 0 Å². The van der Waals surface area contributed by atoms with Crippen molar-refractivity contribution in [2.75, 3.05) is 21.3 Å². The van der Waals surface area contributed by atoms with Crippen LogP contribution in [-0.4, -0.2) is 29.4 Å². The second kappa shape index (κ2) is 10.3. The van der Waals surface area contributed by atoms with Gasteiger partial charge in [-0.05, 0) is 110 Å². The summed E-state index contributed by atoms with van der Waals surface area (Å²) >= 11 is 0. The number of rotatable bonds is 7. The van der Waals surface area contributed by atoms with E-state index in [0.29, 0.717) is 0 Å². The Morgan fingerprint density at radius 1 is 0.486 bits per heavy atom. The maximum atomic E-state index is 6.21. The largest absolute Gasteiger partial charge is 0.497 e. The average molecular weight is 513 g/mol. The van der Waals surface area contributed by atoms with E-state index in [4.69, 9.17) is 14.2 Å². The second-order valence-electron chi connectivity index (χ2n) is 10.3. The predicted molar refractivity (Wildman–Crippen MR) is 158 cm³/mol. The fourth-order valence-electron chi connectivity index (χ4n) is 6.76. The summed E-state index contributed by atoms with van der Waals surface area (Å²) in [6.07, 6.45) is 0. The summed E-state index contributed by atoms with van der Waals surface area (Å²) in [5.74, 6) is 2.76. The smallest absolute Gasteiger partial charge is 0.174 e. The van der Waals surface area contributed by atoms with Crippen molar-refractivity contribution in [1.82, 2.24) is 0 Å². The Balaban J connectivity index is 2.43. The summed E-state index contributed by atoms with van der Waals surface area (Å²) in [4.78, 5) is 0. The summed E-state index contributed by atoms with van der Waals surface area (Å²) < 4.78 is 18.6. The van der Waals surface area contributed by atoms with Gasteiger partial charge in [-0.2, -0.15) is 0 Å². The van der Waals surface area contributed by atoms with Gasteiger partial charge in [-0.1, -0.05) is 47.5 Å².